The Morgan fingerprint density at radius 3 is 2.70 bits per heavy atom. The number of piperidine rings is 1. The molecule has 110 valence electrons. The number of aromatic amines is 1. The van der Waals surface area contributed by atoms with E-state index in [9.17, 15) is 9.59 Å². The van der Waals surface area contributed by atoms with Gasteiger partial charge in [0, 0.05) is 24.8 Å². The summed E-state index contributed by atoms with van der Waals surface area (Å²) in [6.45, 7) is 3.10. The van der Waals surface area contributed by atoms with Crippen molar-refractivity contribution in [2.45, 2.75) is 25.9 Å². The third-order valence-electron chi connectivity index (χ3n) is 3.49. The summed E-state index contributed by atoms with van der Waals surface area (Å²) in [7, 11) is 0. The minimum Gasteiger partial charge on any atom is -0.394 e. The SMILES string of the molecule is CC(=O)c1c[nH]c(C(=O)N2CCC(OCCO)CC2)c1. The zero-order chi connectivity index (χ0) is 14.5. The predicted molar refractivity (Wildman–Crippen MR) is 72.8 cm³/mol. The minimum atomic E-state index is -0.0851. The Balaban J connectivity index is 1.89. The topological polar surface area (TPSA) is 82.6 Å². The second-order valence-electron chi connectivity index (χ2n) is 4.94. The summed E-state index contributed by atoms with van der Waals surface area (Å²) in [5.41, 5.74) is 0.972. The monoisotopic (exact) mass is 280 g/mol. The lowest BCUT2D eigenvalue weighted by Crippen LogP contribution is -2.41. The molecule has 0 unspecified atom stereocenters. The number of likely N-dealkylation sites (tertiary alicyclic amines) is 1. The van der Waals surface area contributed by atoms with Crippen molar-refractivity contribution in [1.82, 2.24) is 9.88 Å². The first-order valence-electron chi connectivity index (χ1n) is 6.83. The number of amides is 1. The molecule has 2 N–H and O–H groups in total. The van der Waals surface area contributed by atoms with E-state index in [1.54, 1.807) is 17.2 Å². The summed E-state index contributed by atoms with van der Waals surface area (Å²) in [5, 5.41) is 8.71. The average Bonchev–Trinajstić information content (AvgIpc) is 2.95. The molecule has 2 rings (SSSR count). The normalized spacial score (nSPS) is 16.4. The summed E-state index contributed by atoms with van der Waals surface area (Å²) in [4.78, 5) is 28.1. The van der Waals surface area contributed by atoms with Gasteiger partial charge in [0.1, 0.15) is 5.69 Å². The summed E-state index contributed by atoms with van der Waals surface area (Å²) >= 11 is 0. The number of aromatic nitrogens is 1. The van der Waals surface area contributed by atoms with Gasteiger partial charge in [0.05, 0.1) is 19.3 Å². The standard InChI is InChI=1S/C14H20N2O4/c1-10(18)11-8-13(15-9-11)14(19)16-4-2-12(3-5-16)20-7-6-17/h8-9,12,15,17H,2-7H2,1H3. The number of hydrogen-bond donors (Lipinski definition) is 2. The third-order valence-corrected chi connectivity index (χ3v) is 3.49. The molecule has 0 radical (unpaired) electrons. The number of Topliss-reactive ketones (excluding diaryl/α,β-unsaturated/α-hetero) is 1. The van der Waals surface area contributed by atoms with Crippen molar-refractivity contribution in [2.75, 3.05) is 26.3 Å². The Morgan fingerprint density at radius 2 is 2.15 bits per heavy atom. The van der Waals surface area contributed by atoms with Crippen LogP contribution in [0.4, 0.5) is 0 Å². The van der Waals surface area contributed by atoms with Crippen molar-refractivity contribution in [1.29, 1.82) is 0 Å². The molecule has 0 bridgehead atoms. The summed E-state index contributed by atoms with van der Waals surface area (Å²) in [6, 6.07) is 1.60. The summed E-state index contributed by atoms with van der Waals surface area (Å²) in [6.07, 6.45) is 3.22. The van der Waals surface area contributed by atoms with Gasteiger partial charge in [-0.2, -0.15) is 0 Å². The van der Waals surface area contributed by atoms with Crippen molar-refractivity contribution < 1.29 is 19.4 Å². The van der Waals surface area contributed by atoms with Gasteiger partial charge in [-0.3, -0.25) is 9.59 Å². The molecular weight excluding hydrogens is 260 g/mol. The number of aliphatic hydroxyl groups is 1. The Bertz CT molecular complexity index is 475. The number of nitrogens with zero attached hydrogens (tertiary/aromatic N) is 1. The number of nitrogens with one attached hydrogen (secondary N) is 1. The Kier molecular flexibility index (Phi) is 4.92. The van der Waals surface area contributed by atoms with Gasteiger partial charge < -0.3 is 19.7 Å². The molecule has 0 aliphatic carbocycles. The summed E-state index contributed by atoms with van der Waals surface area (Å²) < 4.78 is 5.46. The van der Waals surface area contributed by atoms with Gasteiger partial charge in [0.25, 0.3) is 5.91 Å². The largest absolute Gasteiger partial charge is 0.394 e. The zero-order valence-electron chi connectivity index (χ0n) is 11.6. The van der Waals surface area contributed by atoms with Crippen molar-refractivity contribution in [3.05, 3.63) is 23.5 Å². The number of H-pyrrole nitrogens is 1. The Hall–Kier alpha value is -1.66. The van der Waals surface area contributed by atoms with Gasteiger partial charge in [-0.05, 0) is 25.8 Å². The third kappa shape index (κ3) is 3.46. The maximum Gasteiger partial charge on any atom is 0.270 e. The fourth-order valence-corrected chi connectivity index (χ4v) is 2.34. The van der Waals surface area contributed by atoms with Crippen molar-refractivity contribution in [3.8, 4) is 0 Å². The minimum absolute atomic E-state index is 0.0233. The fourth-order valence-electron chi connectivity index (χ4n) is 2.34. The molecule has 1 saturated heterocycles. The first-order valence-corrected chi connectivity index (χ1v) is 6.83. The highest BCUT2D eigenvalue weighted by Gasteiger charge is 2.24. The van der Waals surface area contributed by atoms with E-state index in [0.29, 0.717) is 31.0 Å². The zero-order valence-corrected chi connectivity index (χ0v) is 11.6. The van der Waals surface area contributed by atoms with E-state index >= 15 is 0 Å². The lowest BCUT2D eigenvalue weighted by atomic mass is 10.1. The molecule has 0 aromatic carbocycles. The van der Waals surface area contributed by atoms with Gasteiger partial charge in [-0.1, -0.05) is 0 Å². The molecule has 1 aromatic heterocycles. The number of hydrogen-bond acceptors (Lipinski definition) is 4. The molecule has 1 aromatic rings. The number of ether oxygens (including phenoxy) is 1. The van der Waals surface area contributed by atoms with Crippen LogP contribution in [0.5, 0.6) is 0 Å². The molecule has 6 heteroatoms. The number of rotatable bonds is 5. The van der Waals surface area contributed by atoms with Crippen molar-refractivity contribution >= 4 is 11.7 Å². The van der Waals surface area contributed by atoms with E-state index < -0.39 is 0 Å². The Morgan fingerprint density at radius 1 is 1.45 bits per heavy atom. The van der Waals surface area contributed by atoms with E-state index in [0.717, 1.165) is 12.8 Å². The highest BCUT2D eigenvalue weighted by Crippen LogP contribution is 2.16. The van der Waals surface area contributed by atoms with E-state index in [1.807, 2.05) is 0 Å². The van der Waals surface area contributed by atoms with E-state index in [2.05, 4.69) is 4.98 Å². The summed E-state index contributed by atoms with van der Waals surface area (Å²) in [5.74, 6) is -0.144. The van der Waals surface area contributed by atoms with Gasteiger partial charge >= 0.3 is 0 Å². The molecule has 0 spiro atoms. The maximum absolute atomic E-state index is 12.3. The molecule has 1 amide bonds. The highest BCUT2D eigenvalue weighted by atomic mass is 16.5. The first-order chi connectivity index (χ1) is 9.61. The van der Waals surface area contributed by atoms with E-state index in [-0.39, 0.29) is 24.4 Å². The molecular formula is C14H20N2O4. The van der Waals surface area contributed by atoms with Crippen LogP contribution in [0.3, 0.4) is 0 Å². The fraction of sp³-hybridized carbons (Fsp3) is 0.571. The van der Waals surface area contributed by atoms with Gasteiger partial charge in [-0.15, -0.1) is 0 Å². The highest BCUT2D eigenvalue weighted by molar-refractivity contribution is 5.99. The van der Waals surface area contributed by atoms with Crippen LogP contribution in [0.1, 0.15) is 40.6 Å². The van der Waals surface area contributed by atoms with Crippen LogP contribution in [0.25, 0.3) is 0 Å². The number of aliphatic hydroxyl groups excluding tert-OH is 1. The first kappa shape index (κ1) is 14.7. The van der Waals surface area contributed by atoms with Crippen LogP contribution in [-0.2, 0) is 4.74 Å². The smallest absolute Gasteiger partial charge is 0.270 e. The van der Waals surface area contributed by atoms with E-state index in [4.69, 9.17) is 9.84 Å². The second kappa shape index (κ2) is 6.67. The molecule has 2 heterocycles. The molecule has 0 saturated carbocycles. The molecule has 1 aliphatic rings. The van der Waals surface area contributed by atoms with Crippen LogP contribution in [0.2, 0.25) is 0 Å². The van der Waals surface area contributed by atoms with Crippen molar-refractivity contribution in [3.63, 3.8) is 0 Å². The van der Waals surface area contributed by atoms with Crippen LogP contribution < -0.4 is 0 Å². The molecule has 0 atom stereocenters. The lowest BCUT2D eigenvalue weighted by molar-refractivity contribution is -0.00563. The van der Waals surface area contributed by atoms with Gasteiger partial charge in [-0.25, -0.2) is 0 Å². The van der Waals surface area contributed by atoms with Crippen LogP contribution in [-0.4, -0.2) is 59.1 Å². The average molecular weight is 280 g/mol. The number of carbonyl (C=O) groups is 2. The molecule has 6 nitrogen and oxygen atoms in total. The quantitative estimate of drug-likeness (QED) is 0.783. The second-order valence-corrected chi connectivity index (χ2v) is 4.94. The number of carbonyl (C=O) groups excluding carboxylic acids is 2. The molecule has 20 heavy (non-hydrogen) atoms. The van der Waals surface area contributed by atoms with E-state index in [1.165, 1.54) is 6.92 Å². The number of ketones is 1. The van der Waals surface area contributed by atoms with Crippen molar-refractivity contribution in [2.24, 2.45) is 0 Å². The molecule has 1 fully saturated rings. The lowest BCUT2D eigenvalue weighted by Gasteiger charge is -2.31. The van der Waals surface area contributed by atoms with Crippen LogP contribution >= 0.6 is 0 Å². The Labute approximate surface area is 117 Å². The predicted octanol–water partition coefficient (Wildman–Crippen LogP) is 0.831. The van der Waals surface area contributed by atoms with Crippen LogP contribution in [0, 0.1) is 0 Å². The van der Waals surface area contributed by atoms with Gasteiger partial charge in [0.2, 0.25) is 0 Å². The molecule has 1 aliphatic heterocycles. The van der Waals surface area contributed by atoms with Gasteiger partial charge in [0.15, 0.2) is 5.78 Å². The van der Waals surface area contributed by atoms with Crippen LogP contribution in [0.15, 0.2) is 12.3 Å². The maximum atomic E-state index is 12.3.